The largest absolute Gasteiger partial charge is 0.497 e. The van der Waals surface area contributed by atoms with Gasteiger partial charge in [-0.15, -0.1) is 0 Å². The fraction of sp³-hybridized carbons (Fsp3) is 0.240. The first-order valence-electron chi connectivity index (χ1n) is 10.5. The van der Waals surface area contributed by atoms with Crippen LogP contribution in [0.4, 0.5) is 5.69 Å². The maximum atomic E-state index is 12.5. The zero-order valence-corrected chi connectivity index (χ0v) is 20.6. The molecule has 170 valence electrons. The molecule has 0 unspecified atom stereocenters. The van der Waals surface area contributed by atoms with Gasteiger partial charge in [0.2, 0.25) is 5.91 Å². The van der Waals surface area contributed by atoms with Crippen LogP contribution >= 0.6 is 15.9 Å². The number of nitrogens with zero attached hydrogens (tertiary/aromatic N) is 3. The van der Waals surface area contributed by atoms with Crippen LogP contribution in [0, 0.1) is 13.8 Å². The minimum atomic E-state index is -0.0505. The number of benzene rings is 2. The maximum absolute atomic E-state index is 12.5. The number of aryl methyl sites for hydroxylation is 2. The first-order valence-corrected chi connectivity index (χ1v) is 11.3. The average Bonchev–Trinajstić information content (AvgIpc) is 3.24. The highest BCUT2D eigenvalue weighted by Crippen LogP contribution is 2.30. The molecule has 7 nitrogen and oxygen atoms in total. The summed E-state index contributed by atoms with van der Waals surface area (Å²) in [5, 5.41) is 7.73. The van der Waals surface area contributed by atoms with E-state index < -0.39 is 0 Å². The second-order valence-electron chi connectivity index (χ2n) is 7.69. The molecule has 1 amide bonds. The molecule has 0 saturated heterocycles. The number of fused-ring (bicyclic) bond motifs is 1. The van der Waals surface area contributed by atoms with Crippen LogP contribution in [-0.2, 0) is 11.2 Å². The smallest absolute Gasteiger partial charge is 0.224 e. The summed E-state index contributed by atoms with van der Waals surface area (Å²) in [6, 6.07) is 15.2. The third-order valence-electron chi connectivity index (χ3n) is 5.56. The summed E-state index contributed by atoms with van der Waals surface area (Å²) < 4.78 is 13.5. The van der Waals surface area contributed by atoms with E-state index in [-0.39, 0.29) is 5.91 Å². The lowest BCUT2D eigenvalue weighted by molar-refractivity contribution is -0.116. The van der Waals surface area contributed by atoms with Gasteiger partial charge in [-0.25, -0.2) is 9.50 Å². The molecule has 0 radical (unpaired) electrons. The molecular weight excluding hydrogens is 484 g/mol. The van der Waals surface area contributed by atoms with Crippen molar-refractivity contribution in [1.29, 1.82) is 0 Å². The van der Waals surface area contributed by atoms with Crippen LogP contribution in [0.25, 0.3) is 16.9 Å². The Hall–Kier alpha value is -3.39. The van der Waals surface area contributed by atoms with Gasteiger partial charge in [-0.1, -0.05) is 12.1 Å². The van der Waals surface area contributed by atoms with E-state index in [0.717, 1.165) is 44.0 Å². The van der Waals surface area contributed by atoms with E-state index >= 15 is 0 Å². The Labute approximate surface area is 200 Å². The molecular formula is C25H25BrN4O3. The second kappa shape index (κ2) is 9.62. The van der Waals surface area contributed by atoms with Crippen LogP contribution in [0.1, 0.15) is 23.4 Å². The van der Waals surface area contributed by atoms with E-state index in [4.69, 9.17) is 19.6 Å². The molecule has 0 spiro atoms. The molecule has 2 aromatic carbocycles. The number of anilines is 1. The minimum absolute atomic E-state index is 0.0505. The molecule has 33 heavy (non-hydrogen) atoms. The van der Waals surface area contributed by atoms with Gasteiger partial charge in [-0.05, 0) is 66.0 Å². The number of rotatable bonds is 7. The van der Waals surface area contributed by atoms with Gasteiger partial charge in [-0.2, -0.15) is 5.10 Å². The predicted octanol–water partition coefficient (Wildman–Crippen LogP) is 5.36. The topological polar surface area (TPSA) is 77.8 Å². The monoisotopic (exact) mass is 508 g/mol. The number of carbonyl (C=O) groups is 1. The lowest BCUT2D eigenvalue weighted by Crippen LogP contribution is -2.14. The maximum Gasteiger partial charge on any atom is 0.224 e. The lowest BCUT2D eigenvalue weighted by Gasteiger charge is -2.11. The van der Waals surface area contributed by atoms with Crippen molar-refractivity contribution >= 4 is 33.2 Å². The van der Waals surface area contributed by atoms with Crippen molar-refractivity contribution in [2.24, 2.45) is 0 Å². The molecule has 0 aliphatic heterocycles. The van der Waals surface area contributed by atoms with Crippen LogP contribution in [0.5, 0.6) is 11.5 Å². The molecule has 0 bridgehead atoms. The Morgan fingerprint density at radius 2 is 1.76 bits per heavy atom. The number of carbonyl (C=O) groups excluding carboxylic acids is 1. The van der Waals surface area contributed by atoms with Gasteiger partial charge >= 0.3 is 0 Å². The minimum Gasteiger partial charge on any atom is -0.497 e. The molecule has 0 fully saturated rings. The van der Waals surface area contributed by atoms with Crippen molar-refractivity contribution < 1.29 is 14.3 Å². The van der Waals surface area contributed by atoms with Crippen molar-refractivity contribution in [1.82, 2.24) is 14.6 Å². The van der Waals surface area contributed by atoms with Crippen molar-refractivity contribution in [2.45, 2.75) is 26.7 Å². The summed E-state index contributed by atoms with van der Waals surface area (Å²) in [4.78, 5) is 17.3. The standard InChI is InChI=1S/C25H25BrN4O3/c1-15-20(9-10-25(31)28-22-8-6-5-7-21(22)26)16(2)30-24(27-15)14-23(29-30)17-11-18(32-3)13-19(12-17)33-4/h5-8,11-14H,9-10H2,1-4H3,(H,28,31). The van der Waals surface area contributed by atoms with Crippen LogP contribution in [0.3, 0.4) is 0 Å². The molecule has 8 heteroatoms. The molecule has 0 atom stereocenters. The number of aromatic nitrogens is 3. The molecule has 0 saturated carbocycles. The molecule has 2 aromatic heterocycles. The fourth-order valence-corrected chi connectivity index (χ4v) is 4.18. The normalized spacial score (nSPS) is 10.9. The number of para-hydroxylation sites is 1. The van der Waals surface area contributed by atoms with Crippen molar-refractivity contribution in [3.63, 3.8) is 0 Å². The van der Waals surface area contributed by atoms with Gasteiger partial charge in [0.1, 0.15) is 11.5 Å². The number of hydrogen-bond acceptors (Lipinski definition) is 5. The molecule has 4 aromatic rings. The molecule has 4 rings (SSSR count). The fourth-order valence-electron chi connectivity index (χ4n) is 3.80. The number of ether oxygens (including phenoxy) is 2. The van der Waals surface area contributed by atoms with Gasteiger partial charge in [-0.3, -0.25) is 4.79 Å². The summed E-state index contributed by atoms with van der Waals surface area (Å²) in [6.45, 7) is 3.97. The van der Waals surface area contributed by atoms with Gasteiger partial charge in [0.05, 0.1) is 25.6 Å². The number of methoxy groups -OCH3 is 2. The average molecular weight is 509 g/mol. The van der Waals surface area contributed by atoms with Crippen molar-refractivity contribution in [3.8, 4) is 22.8 Å². The lowest BCUT2D eigenvalue weighted by atomic mass is 10.1. The van der Waals surface area contributed by atoms with Crippen LogP contribution < -0.4 is 14.8 Å². The Bertz CT molecular complexity index is 1310. The van der Waals surface area contributed by atoms with Crippen molar-refractivity contribution in [3.05, 3.63) is 70.0 Å². The Balaban J connectivity index is 1.60. The summed E-state index contributed by atoms with van der Waals surface area (Å²) in [5.74, 6) is 1.34. The molecule has 0 aliphatic carbocycles. The Kier molecular flexibility index (Phi) is 6.65. The highest BCUT2D eigenvalue weighted by Gasteiger charge is 2.16. The SMILES string of the molecule is COc1cc(OC)cc(-c2cc3nc(C)c(CCC(=O)Nc4ccccc4Br)c(C)n3n2)c1. The molecule has 1 N–H and O–H groups in total. The Morgan fingerprint density at radius 1 is 1.06 bits per heavy atom. The zero-order chi connectivity index (χ0) is 23.5. The highest BCUT2D eigenvalue weighted by molar-refractivity contribution is 9.10. The number of hydrogen-bond donors (Lipinski definition) is 1. The third-order valence-corrected chi connectivity index (χ3v) is 6.25. The number of nitrogens with one attached hydrogen (secondary N) is 1. The summed E-state index contributed by atoms with van der Waals surface area (Å²) in [5.41, 5.74) is 6.03. The summed E-state index contributed by atoms with van der Waals surface area (Å²) in [7, 11) is 3.24. The predicted molar refractivity (Wildman–Crippen MR) is 132 cm³/mol. The molecule has 0 aliphatic rings. The Morgan fingerprint density at radius 3 is 2.42 bits per heavy atom. The van der Waals surface area contributed by atoms with Gasteiger partial charge < -0.3 is 14.8 Å². The van der Waals surface area contributed by atoms with E-state index in [9.17, 15) is 4.79 Å². The summed E-state index contributed by atoms with van der Waals surface area (Å²) >= 11 is 3.46. The van der Waals surface area contributed by atoms with Crippen LogP contribution in [0.2, 0.25) is 0 Å². The van der Waals surface area contributed by atoms with E-state index in [0.29, 0.717) is 24.3 Å². The first-order chi connectivity index (χ1) is 15.9. The first kappa shape index (κ1) is 22.8. The van der Waals surface area contributed by atoms with E-state index in [1.54, 1.807) is 14.2 Å². The van der Waals surface area contributed by atoms with E-state index in [1.165, 1.54) is 0 Å². The quantitative estimate of drug-likeness (QED) is 0.363. The highest BCUT2D eigenvalue weighted by atomic mass is 79.9. The molecule has 2 heterocycles. The van der Waals surface area contributed by atoms with Crippen molar-refractivity contribution in [2.75, 3.05) is 19.5 Å². The van der Waals surface area contributed by atoms with Gasteiger partial charge in [0.15, 0.2) is 5.65 Å². The number of halogens is 1. The van der Waals surface area contributed by atoms with Gasteiger partial charge in [0.25, 0.3) is 0 Å². The van der Waals surface area contributed by atoms with E-state index in [2.05, 4.69) is 21.2 Å². The number of amides is 1. The summed E-state index contributed by atoms with van der Waals surface area (Å²) in [6.07, 6.45) is 0.913. The van der Waals surface area contributed by atoms with Crippen LogP contribution in [0.15, 0.2) is 53.0 Å². The second-order valence-corrected chi connectivity index (χ2v) is 8.54. The van der Waals surface area contributed by atoms with Crippen LogP contribution in [-0.4, -0.2) is 34.7 Å². The van der Waals surface area contributed by atoms with E-state index in [1.807, 2.05) is 66.9 Å². The third kappa shape index (κ3) is 4.85. The van der Waals surface area contributed by atoms with Gasteiger partial charge in [0, 0.05) is 40.0 Å². The zero-order valence-electron chi connectivity index (χ0n) is 19.0.